The number of amides is 1. The molecule has 0 saturated heterocycles. The summed E-state index contributed by atoms with van der Waals surface area (Å²) in [6, 6.07) is 1.99. The second kappa shape index (κ2) is 6.42. The third kappa shape index (κ3) is 3.87. The lowest BCUT2D eigenvalue weighted by molar-refractivity contribution is -0.121. The van der Waals surface area contributed by atoms with Crippen molar-refractivity contribution in [3.63, 3.8) is 0 Å². The Hall–Kier alpha value is -1.33. The van der Waals surface area contributed by atoms with Gasteiger partial charge in [0.1, 0.15) is 5.76 Å². The first-order chi connectivity index (χ1) is 8.08. The minimum atomic E-state index is 0.0104. The second-order valence-corrected chi connectivity index (χ2v) is 4.18. The molecule has 5 nitrogen and oxygen atoms in total. The SMILES string of the molecule is CNC(=O)CC(CN)N(C)Cc1ccoc1C. The van der Waals surface area contributed by atoms with Gasteiger partial charge in [0, 0.05) is 38.2 Å². The average Bonchev–Trinajstić information content (AvgIpc) is 2.71. The lowest BCUT2D eigenvalue weighted by Gasteiger charge is -2.26. The zero-order valence-electron chi connectivity index (χ0n) is 10.7. The number of carbonyl (C=O) groups excluding carboxylic acids is 1. The fourth-order valence-corrected chi connectivity index (χ4v) is 1.71. The Kier molecular flexibility index (Phi) is 5.18. The van der Waals surface area contributed by atoms with Crippen LogP contribution in [0.3, 0.4) is 0 Å². The van der Waals surface area contributed by atoms with Gasteiger partial charge in [0.15, 0.2) is 0 Å². The van der Waals surface area contributed by atoms with Crippen molar-refractivity contribution in [1.82, 2.24) is 10.2 Å². The summed E-state index contributed by atoms with van der Waals surface area (Å²) >= 11 is 0. The summed E-state index contributed by atoms with van der Waals surface area (Å²) in [7, 11) is 3.60. The van der Waals surface area contributed by atoms with Crippen LogP contribution in [-0.2, 0) is 11.3 Å². The molecule has 0 radical (unpaired) electrons. The first-order valence-corrected chi connectivity index (χ1v) is 5.72. The number of furan rings is 1. The summed E-state index contributed by atoms with van der Waals surface area (Å²) in [5, 5.41) is 2.62. The van der Waals surface area contributed by atoms with Crippen LogP contribution in [0.25, 0.3) is 0 Å². The summed E-state index contributed by atoms with van der Waals surface area (Å²) in [4.78, 5) is 13.4. The number of nitrogens with zero attached hydrogens (tertiary/aromatic N) is 1. The monoisotopic (exact) mass is 239 g/mol. The highest BCUT2D eigenvalue weighted by molar-refractivity contribution is 5.76. The molecule has 0 fully saturated rings. The molecule has 1 aromatic heterocycles. The van der Waals surface area contributed by atoms with Crippen molar-refractivity contribution in [2.24, 2.45) is 5.73 Å². The van der Waals surface area contributed by atoms with E-state index in [1.807, 2.05) is 20.0 Å². The number of likely N-dealkylation sites (N-methyl/N-ethyl adjacent to an activating group) is 1. The Labute approximate surface area is 102 Å². The van der Waals surface area contributed by atoms with E-state index in [0.29, 0.717) is 13.0 Å². The van der Waals surface area contributed by atoms with E-state index in [1.165, 1.54) is 0 Å². The van der Waals surface area contributed by atoms with Crippen molar-refractivity contribution in [2.75, 3.05) is 20.6 Å². The van der Waals surface area contributed by atoms with Gasteiger partial charge in [0.25, 0.3) is 0 Å². The van der Waals surface area contributed by atoms with E-state index < -0.39 is 0 Å². The number of carbonyl (C=O) groups is 1. The molecule has 0 spiro atoms. The van der Waals surface area contributed by atoms with Crippen molar-refractivity contribution < 1.29 is 9.21 Å². The molecule has 5 heteroatoms. The molecular formula is C12H21N3O2. The van der Waals surface area contributed by atoms with E-state index in [4.69, 9.17) is 10.2 Å². The van der Waals surface area contributed by atoms with Gasteiger partial charge >= 0.3 is 0 Å². The fraction of sp³-hybridized carbons (Fsp3) is 0.583. The predicted octanol–water partition coefficient (Wildman–Crippen LogP) is 0.483. The molecular weight excluding hydrogens is 218 g/mol. The first kappa shape index (κ1) is 13.7. The topological polar surface area (TPSA) is 71.5 Å². The van der Waals surface area contributed by atoms with Crippen LogP contribution in [-0.4, -0.2) is 37.5 Å². The van der Waals surface area contributed by atoms with Crippen molar-refractivity contribution in [3.8, 4) is 0 Å². The van der Waals surface area contributed by atoms with Crippen LogP contribution in [0.2, 0.25) is 0 Å². The molecule has 96 valence electrons. The lowest BCUT2D eigenvalue weighted by Crippen LogP contribution is -2.41. The van der Waals surface area contributed by atoms with Crippen molar-refractivity contribution in [2.45, 2.75) is 25.9 Å². The summed E-state index contributed by atoms with van der Waals surface area (Å²) < 4.78 is 5.24. The quantitative estimate of drug-likeness (QED) is 0.757. The Morgan fingerprint density at radius 2 is 2.35 bits per heavy atom. The summed E-state index contributed by atoms with van der Waals surface area (Å²) in [5.74, 6) is 0.920. The van der Waals surface area contributed by atoms with E-state index in [2.05, 4.69) is 10.2 Å². The van der Waals surface area contributed by atoms with Gasteiger partial charge < -0.3 is 15.5 Å². The Bertz CT molecular complexity index is 362. The van der Waals surface area contributed by atoms with Crippen molar-refractivity contribution in [1.29, 1.82) is 0 Å². The third-order valence-corrected chi connectivity index (χ3v) is 2.98. The molecule has 17 heavy (non-hydrogen) atoms. The Morgan fingerprint density at radius 1 is 1.65 bits per heavy atom. The van der Waals surface area contributed by atoms with Crippen LogP contribution in [0, 0.1) is 6.92 Å². The molecule has 0 saturated carbocycles. The maximum atomic E-state index is 11.3. The molecule has 1 atom stereocenters. The van der Waals surface area contributed by atoms with Crippen LogP contribution in [0.1, 0.15) is 17.7 Å². The predicted molar refractivity (Wildman–Crippen MR) is 66.4 cm³/mol. The summed E-state index contributed by atoms with van der Waals surface area (Å²) in [5.41, 5.74) is 6.83. The van der Waals surface area contributed by atoms with Crippen LogP contribution in [0.15, 0.2) is 16.7 Å². The van der Waals surface area contributed by atoms with Gasteiger partial charge in [0.05, 0.1) is 6.26 Å². The molecule has 0 aliphatic heterocycles. The number of rotatable bonds is 6. The van der Waals surface area contributed by atoms with Crippen LogP contribution in [0.5, 0.6) is 0 Å². The molecule has 1 rings (SSSR count). The van der Waals surface area contributed by atoms with E-state index in [0.717, 1.165) is 17.9 Å². The zero-order chi connectivity index (χ0) is 12.8. The maximum absolute atomic E-state index is 11.3. The van der Waals surface area contributed by atoms with E-state index in [9.17, 15) is 4.79 Å². The van der Waals surface area contributed by atoms with Gasteiger partial charge in [-0.05, 0) is 20.0 Å². The fourth-order valence-electron chi connectivity index (χ4n) is 1.71. The Balaban J connectivity index is 2.57. The molecule has 1 aromatic rings. The van der Waals surface area contributed by atoms with Gasteiger partial charge in [-0.1, -0.05) is 0 Å². The van der Waals surface area contributed by atoms with Gasteiger partial charge in [-0.25, -0.2) is 0 Å². The molecule has 1 heterocycles. The maximum Gasteiger partial charge on any atom is 0.221 e. The number of nitrogens with one attached hydrogen (secondary N) is 1. The van der Waals surface area contributed by atoms with Gasteiger partial charge in [0.2, 0.25) is 5.91 Å². The van der Waals surface area contributed by atoms with Gasteiger partial charge in [-0.2, -0.15) is 0 Å². The highest BCUT2D eigenvalue weighted by Crippen LogP contribution is 2.13. The van der Waals surface area contributed by atoms with Crippen LogP contribution < -0.4 is 11.1 Å². The van der Waals surface area contributed by atoms with Crippen molar-refractivity contribution in [3.05, 3.63) is 23.7 Å². The zero-order valence-corrected chi connectivity index (χ0v) is 10.7. The van der Waals surface area contributed by atoms with Gasteiger partial charge in [-0.3, -0.25) is 9.69 Å². The molecule has 0 bridgehead atoms. The number of nitrogens with two attached hydrogens (primary N) is 1. The largest absolute Gasteiger partial charge is 0.469 e. The molecule has 0 aliphatic carbocycles. The summed E-state index contributed by atoms with van der Waals surface area (Å²) in [6.45, 7) is 3.13. The molecule has 0 aromatic carbocycles. The number of hydrogen-bond donors (Lipinski definition) is 2. The van der Waals surface area contributed by atoms with E-state index in [1.54, 1.807) is 13.3 Å². The standard InChI is InChI=1S/C12H21N3O2/c1-9-10(4-5-17-9)8-15(3)11(7-13)6-12(16)14-2/h4-5,11H,6-8,13H2,1-3H3,(H,14,16). The molecule has 3 N–H and O–H groups in total. The van der Waals surface area contributed by atoms with E-state index in [-0.39, 0.29) is 11.9 Å². The second-order valence-electron chi connectivity index (χ2n) is 4.18. The normalized spacial score (nSPS) is 12.8. The third-order valence-electron chi connectivity index (χ3n) is 2.98. The molecule has 1 amide bonds. The smallest absolute Gasteiger partial charge is 0.221 e. The van der Waals surface area contributed by atoms with Crippen LogP contribution >= 0.6 is 0 Å². The molecule has 0 aliphatic rings. The van der Waals surface area contributed by atoms with Crippen LogP contribution in [0.4, 0.5) is 0 Å². The first-order valence-electron chi connectivity index (χ1n) is 5.72. The minimum Gasteiger partial charge on any atom is -0.469 e. The number of hydrogen-bond acceptors (Lipinski definition) is 4. The highest BCUT2D eigenvalue weighted by atomic mass is 16.3. The highest BCUT2D eigenvalue weighted by Gasteiger charge is 2.17. The van der Waals surface area contributed by atoms with Crippen molar-refractivity contribution >= 4 is 5.91 Å². The average molecular weight is 239 g/mol. The minimum absolute atomic E-state index is 0.0104. The lowest BCUT2D eigenvalue weighted by atomic mass is 10.1. The molecule has 1 unspecified atom stereocenters. The number of aryl methyl sites for hydroxylation is 1. The van der Waals surface area contributed by atoms with E-state index >= 15 is 0 Å². The van der Waals surface area contributed by atoms with Gasteiger partial charge in [-0.15, -0.1) is 0 Å². The summed E-state index contributed by atoms with van der Waals surface area (Å²) in [6.07, 6.45) is 2.09. The Morgan fingerprint density at radius 3 is 2.82 bits per heavy atom.